The number of nitrogens with one attached hydrogen (secondary N) is 1. The summed E-state index contributed by atoms with van der Waals surface area (Å²) in [5.41, 5.74) is 1.20. The van der Waals surface area contributed by atoms with E-state index in [1.165, 1.54) is 0 Å². The molecule has 1 aromatic carbocycles. The molecule has 2 heterocycles. The predicted molar refractivity (Wildman–Crippen MR) is 92.4 cm³/mol. The number of amides is 2. The van der Waals surface area contributed by atoms with Gasteiger partial charge in [-0.3, -0.25) is 9.59 Å². The van der Waals surface area contributed by atoms with Crippen LogP contribution >= 0.6 is 0 Å². The monoisotopic (exact) mass is 344 g/mol. The van der Waals surface area contributed by atoms with Gasteiger partial charge >= 0.3 is 0 Å². The standard InChI is InChI=1S/C19H24N2O4/c22-16-12-15(19(16)7-10-25-11-8-19)20-18(24)13-3-5-14(6-4-13)21-9-1-2-17(21)23/h3-6,15-16,22H,1-2,7-12H2,(H,20,24)/t15-,16-/m1/s1. The quantitative estimate of drug-likeness (QED) is 0.870. The third kappa shape index (κ3) is 2.83. The summed E-state index contributed by atoms with van der Waals surface area (Å²) in [6, 6.07) is 7.19. The third-order valence-electron chi connectivity index (χ3n) is 6.06. The van der Waals surface area contributed by atoms with Crippen LogP contribution in [0.4, 0.5) is 5.69 Å². The van der Waals surface area contributed by atoms with Crippen molar-refractivity contribution in [3.63, 3.8) is 0 Å². The van der Waals surface area contributed by atoms with E-state index in [1.807, 2.05) is 12.1 Å². The second-order valence-corrected chi connectivity index (χ2v) is 7.32. The van der Waals surface area contributed by atoms with Gasteiger partial charge in [-0.2, -0.15) is 0 Å². The van der Waals surface area contributed by atoms with Gasteiger partial charge in [-0.25, -0.2) is 0 Å². The van der Waals surface area contributed by atoms with Crippen LogP contribution in [0.3, 0.4) is 0 Å². The third-order valence-corrected chi connectivity index (χ3v) is 6.06. The molecule has 2 aliphatic heterocycles. The zero-order chi connectivity index (χ0) is 17.4. The average Bonchev–Trinajstić information content (AvgIpc) is 3.08. The van der Waals surface area contributed by atoms with Crippen molar-refractivity contribution in [1.29, 1.82) is 0 Å². The summed E-state index contributed by atoms with van der Waals surface area (Å²) in [7, 11) is 0. The first-order valence-electron chi connectivity index (χ1n) is 9.07. The van der Waals surface area contributed by atoms with Gasteiger partial charge in [0.15, 0.2) is 0 Å². The Morgan fingerprint density at radius 3 is 2.56 bits per heavy atom. The van der Waals surface area contributed by atoms with E-state index in [4.69, 9.17) is 4.74 Å². The lowest BCUT2D eigenvalue weighted by molar-refractivity contribution is -0.145. The summed E-state index contributed by atoms with van der Waals surface area (Å²) in [4.78, 5) is 26.1. The molecular weight excluding hydrogens is 320 g/mol. The molecule has 1 spiro atoms. The number of nitrogens with zero attached hydrogens (tertiary/aromatic N) is 1. The minimum atomic E-state index is -0.356. The number of benzene rings is 1. The van der Waals surface area contributed by atoms with E-state index in [-0.39, 0.29) is 29.4 Å². The Hall–Kier alpha value is -1.92. The van der Waals surface area contributed by atoms with Crippen molar-refractivity contribution in [1.82, 2.24) is 5.32 Å². The van der Waals surface area contributed by atoms with Crippen molar-refractivity contribution in [2.75, 3.05) is 24.7 Å². The van der Waals surface area contributed by atoms with Crippen LogP contribution in [0.1, 0.15) is 42.5 Å². The second kappa shape index (κ2) is 6.42. The van der Waals surface area contributed by atoms with Crippen LogP contribution < -0.4 is 10.2 Å². The zero-order valence-corrected chi connectivity index (χ0v) is 14.2. The van der Waals surface area contributed by atoms with Crippen molar-refractivity contribution in [3.05, 3.63) is 29.8 Å². The first kappa shape index (κ1) is 16.5. The fraction of sp³-hybridized carbons (Fsp3) is 0.579. The van der Waals surface area contributed by atoms with Crippen LogP contribution in [0, 0.1) is 5.41 Å². The number of carbonyl (C=O) groups is 2. The lowest BCUT2D eigenvalue weighted by Gasteiger charge is -2.55. The zero-order valence-electron chi connectivity index (χ0n) is 14.2. The number of rotatable bonds is 3. The lowest BCUT2D eigenvalue weighted by Crippen LogP contribution is -2.65. The minimum Gasteiger partial charge on any atom is -0.392 e. The number of carbonyl (C=O) groups excluding carboxylic acids is 2. The number of aliphatic hydroxyl groups excluding tert-OH is 1. The Morgan fingerprint density at radius 2 is 1.96 bits per heavy atom. The van der Waals surface area contributed by atoms with Crippen LogP contribution in [0.2, 0.25) is 0 Å². The van der Waals surface area contributed by atoms with E-state index in [0.29, 0.717) is 31.6 Å². The first-order chi connectivity index (χ1) is 12.1. The van der Waals surface area contributed by atoms with E-state index in [9.17, 15) is 14.7 Å². The second-order valence-electron chi connectivity index (χ2n) is 7.32. The molecule has 6 nitrogen and oxygen atoms in total. The molecule has 1 aromatic rings. The molecule has 25 heavy (non-hydrogen) atoms. The molecule has 0 bridgehead atoms. The van der Waals surface area contributed by atoms with Crippen molar-refractivity contribution >= 4 is 17.5 Å². The van der Waals surface area contributed by atoms with Gasteiger partial charge in [-0.05, 0) is 49.9 Å². The maximum atomic E-state index is 12.6. The predicted octanol–water partition coefficient (Wildman–Crippen LogP) is 1.47. The summed E-state index contributed by atoms with van der Waals surface area (Å²) >= 11 is 0. The van der Waals surface area contributed by atoms with Gasteiger partial charge in [-0.1, -0.05) is 0 Å². The minimum absolute atomic E-state index is 0.00117. The molecule has 4 rings (SSSR count). The van der Waals surface area contributed by atoms with Gasteiger partial charge in [-0.15, -0.1) is 0 Å². The highest BCUT2D eigenvalue weighted by Gasteiger charge is 2.55. The summed E-state index contributed by atoms with van der Waals surface area (Å²) in [6.45, 7) is 2.03. The van der Waals surface area contributed by atoms with Gasteiger partial charge in [0.2, 0.25) is 5.91 Å². The number of hydrogen-bond donors (Lipinski definition) is 2. The SMILES string of the molecule is O=C(N[C@@H]1C[C@@H](O)C12CCOCC2)c1ccc(N2CCCC2=O)cc1. The molecule has 6 heteroatoms. The van der Waals surface area contributed by atoms with E-state index < -0.39 is 0 Å². The Morgan fingerprint density at radius 1 is 1.24 bits per heavy atom. The molecule has 3 fully saturated rings. The number of hydrogen-bond acceptors (Lipinski definition) is 4. The van der Waals surface area contributed by atoms with Gasteiger partial charge in [0.1, 0.15) is 0 Å². The number of aliphatic hydroxyl groups is 1. The van der Waals surface area contributed by atoms with Crippen LogP contribution in [-0.2, 0) is 9.53 Å². The molecule has 2 amide bonds. The van der Waals surface area contributed by atoms with Crippen LogP contribution in [-0.4, -0.2) is 48.8 Å². The van der Waals surface area contributed by atoms with E-state index in [1.54, 1.807) is 17.0 Å². The molecule has 2 saturated heterocycles. The highest BCUT2D eigenvalue weighted by molar-refractivity contribution is 5.97. The molecular formula is C19H24N2O4. The largest absolute Gasteiger partial charge is 0.392 e. The topological polar surface area (TPSA) is 78.9 Å². The van der Waals surface area contributed by atoms with Crippen LogP contribution in [0.5, 0.6) is 0 Å². The fourth-order valence-electron chi connectivity index (χ4n) is 4.36. The number of anilines is 1. The normalized spacial score (nSPS) is 28.0. The Labute approximate surface area is 147 Å². The van der Waals surface area contributed by atoms with Gasteiger partial charge in [0.05, 0.1) is 6.10 Å². The van der Waals surface area contributed by atoms with E-state index in [2.05, 4.69) is 5.32 Å². The molecule has 1 aliphatic carbocycles. The number of ether oxygens (including phenoxy) is 1. The molecule has 0 radical (unpaired) electrons. The van der Waals surface area contributed by atoms with Gasteiger partial charge in [0.25, 0.3) is 5.91 Å². The molecule has 3 aliphatic rings. The summed E-state index contributed by atoms with van der Waals surface area (Å²) in [5.74, 6) is 0.0178. The maximum absolute atomic E-state index is 12.6. The summed E-state index contributed by atoms with van der Waals surface area (Å²) in [6.07, 6.45) is 3.30. The maximum Gasteiger partial charge on any atom is 0.251 e. The average molecular weight is 344 g/mol. The van der Waals surface area contributed by atoms with Gasteiger partial charge in [0, 0.05) is 48.9 Å². The molecule has 0 unspecified atom stereocenters. The van der Waals surface area contributed by atoms with Crippen molar-refractivity contribution < 1.29 is 19.4 Å². The molecule has 2 N–H and O–H groups in total. The molecule has 1 saturated carbocycles. The van der Waals surface area contributed by atoms with Gasteiger partial charge < -0.3 is 20.1 Å². The highest BCUT2D eigenvalue weighted by Crippen LogP contribution is 2.49. The summed E-state index contributed by atoms with van der Waals surface area (Å²) in [5, 5.41) is 13.3. The van der Waals surface area contributed by atoms with Crippen molar-refractivity contribution in [2.24, 2.45) is 5.41 Å². The smallest absolute Gasteiger partial charge is 0.251 e. The Balaban J connectivity index is 1.42. The molecule has 2 atom stereocenters. The Bertz CT molecular complexity index is 667. The Kier molecular flexibility index (Phi) is 4.25. The molecule has 0 aromatic heterocycles. The van der Waals surface area contributed by atoms with Crippen LogP contribution in [0.25, 0.3) is 0 Å². The van der Waals surface area contributed by atoms with Crippen molar-refractivity contribution in [2.45, 2.75) is 44.2 Å². The van der Waals surface area contributed by atoms with Crippen molar-refractivity contribution in [3.8, 4) is 0 Å². The summed E-state index contributed by atoms with van der Waals surface area (Å²) < 4.78 is 5.40. The van der Waals surface area contributed by atoms with E-state index >= 15 is 0 Å². The fourth-order valence-corrected chi connectivity index (χ4v) is 4.36. The van der Waals surface area contributed by atoms with E-state index in [0.717, 1.165) is 31.5 Å². The lowest BCUT2D eigenvalue weighted by atomic mass is 9.58. The highest BCUT2D eigenvalue weighted by atomic mass is 16.5. The molecule has 134 valence electrons. The van der Waals surface area contributed by atoms with Crippen LogP contribution in [0.15, 0.2) is 24.3 Å². The first-order valence-corrected chi connectivity index (χ1v) is 9.07.